The van der Waals surface area contributed by atoms with E-state index >= 15 is 0 Å². The summed E-state index contributed by atoms with van der Waals surface area (Å²) in [6.07, 6.45) is -0.136. The van der Waals surface area contributed by atoms with E-state index < -0.39 is 35.7 Å². The zero-order valence-electron chi connectivity index (χ0n) is 23.2. The fraction of sp³-hybridized carbons (Fsp3) is 0.290. The highest BCUT2D eigenvalue weighted by atomic mass is 32.1. The quantitative estimate of drug-likeness (QED) is 0.175. The number of carbonyl (C=O) groups is 2. The normalized spacial score (nSPS) is 12.5. The van der Waals surface area contributed by atoms with E-state index in [-0.39, 0.29) is 25.8 Å². The Morgan fingerprint density at radius 3 is 2.40 bits per heavy atom. The molecule has 1 heterocycles. The third-order valence-electron chi connectivity index (χ3n) is 6.48. The average Bonchev–Trinajstić information content (AvgIpc) is 3.44. The number of nitrogens with zero attached hydrogens (tertiary/aromatic N) is 2. The summed E-state index contributed by atoms with van der Waals surface area (Å²) in [5.74, 6) is -2.45. The van der Waals surface area contributed by atoms with Gasteiger partial charge in [-0.25, -0.2) is 8.78 Å². The number of aromatic nitrogens is 2. The molecule has 220 valence electrons. The van der Waals surface area contributed by atoms with Crippen molar-refractivity contribution in [1.29, 1.82) is 0 Å². The summed E-state index contributed by atoms with van der Waals surface area (Å²) in [6, 6.07) is 20.0. The number of benzene rings is 3. The SMILES string of the molecule is CCc1cccc(CNC[C@@H](OC(=O)CCC(=O)Nc2nnc(-c3ccccc3)s2)[C@@H](N)Cc2cc(F)cc(F)c2)c1. The Morgan fingerprint density at radius 1 is 0.929 bits per heavy atom. The number of aryl methyl sites for hydroxylation is 1. The van der Waals surface area contributed by atoms with Crippen molar-refractivity contribution in [3.05, 3.63) is 101 Å². The third kappa shape index (κ3) is 9.51. The minimum Gasteiger partial charge on any atom is -0.459 e. The lowest BCUT2D eigenvalue weighted by Crippen LogP contribution is -2.46. The molecule has 0 aliphatic rings. The van der Waals surface area contributed by atoms with Crippen LogP contribution in [0.4, 0.5) is 13.9 Å². The molecule has 8 nitrogen and oxygen atoms in total. The van der Waals surface area contributed by atoms with Crippen LogP contribution in [0.5, 0.6) is 0 Å². The van der Waals surface area contributed by atoms with Crippen molar-refractivity contribution >= 4 is 28.3 Å². The first kappa shape index (κ1) is 30.9. The van der Waals surface area contributed by atoms with Crippen molar-refractivity contribution in [1.82, 2.24) is 15.5 Å². The zero-order valence-corrected chi connectivity index (χ0v) is 24.0. The molecule has 0 radical (unpaired) electrons. The molecule has 1 amide bonds. The summed E-state index contributed by atoms with van der Waals surface area (Å²) < 4.78 is 33.1. The molecule has 2 atom stereocenters. The molecule has 4 rings (SSSR count). The van der Waals surface area contributed by atoms with Crippen molar-refractivity contribution in [3.8, 4) is 10.6 Å². The molecule has 42 heavy (non-hydrogen) atoms. The Hall–Kier alpha value is -4.06. The van der Waals surface area contributed by atoms with Crippen LogP contribution in [0.15, 0.2) is 72.8 Å². The van der Waals surface area contributed by atoms with Gasteiger partial charge in [0.2, 0.25) is 11.0 Å². The molecular formula is C31H33F2N5O3S. The molecule has 0 unspecified atom stereocenters. The van der Waals surface area contributed by atoms with E-state index in [1.165, 1.54) is 29.0 Å². The maximum atomic E-state index is 13.7. The number of hydrogen-bond acceptors (Lipinski definition) is 8. The van der Waals surface area contributed by atoms with Gasteiger partial charge >= 0.3 is 5.97 Å². The van der Waals surface area contributed by atoms with Crippen LogP contribution in [0.2, 0.25) is 0 Å². The average molecular weight is 594 g/mol. The fourth-order valence-corrected chi connectivity index (χ4v) is 5.09. The molecule has 3 aromatic carbocycles. The Morgan fingerprint density at radius 2 is 1.67 bits per heavy atom. The van der Waals surface area contributed by atoms with Gasteiger partial charge in [0.1, 0.15) is 22.7 Å². The van der Waals surface area contributed by atoms with E-state index in [0.717, 1.165) is 23.6 Å². The highest BCUT2D eigenvalue weighted by Crippen LogP contribution is 2.26. The minimum atomic E-state index is -0.808. The molecule has 0 bridgehead atoms. The van der Waals surface area contributed by atoms with Gasteiger partial charge in [-0.1, -0.05) is 72.9 Å². The van der Waals surface area contributed by atoms with Gasteiger partial charge in [0, 0.05) is 37.2 Å². The summed E-state index contributed by atoms with van der Waals surface area (Å²) in [6.45, 7) is 2.80. The number of ether oxygens (including phenoxy) is 1. The first-order valence-electron chi connectivity index (χ1n) is 13.7. The van der Waals surface area contributed by atoms with E-state index in [2.05, 4.69) is 33.8 Å². The fourth-order valence-electron chi connectivity index (χ4n) is 4.33. The van der Waals surface area contributed by atoms with Gasteiger partial charge in [-0.2, -0.15) is 0 Å². The van der Waals surface area contributed by atoms with Crippen LogP contribution in [-0.2, 0) is 33.7 Å². The maximum Gasteiger partial charge on any atom is 0.306 e. The molecule has 0 saturated carbocycles. The van der Waals surface area contributed by atoms with Gasteiger partial charge < -0.3 is 21.1 Å². The van der Waals surface area contributed by atoms with Gasteiger partial charge in [0.25, 0.3) is 0 Å². The van der Waals surface area contributed by atoms with E-state index in [4.69, 9.17) is 10.5 Å². The lowest BCUT2D eigenvalue weighted by atomic mass is 10.0. The molecule has 0 fully saturated rings. The molecule has 0 aliphatic carbocycles. The molecule has 0 saturated heterocycles. The predicted octanol–water partition coefficient (Wildman–Crippen LogP) is 5.04. The lowest BCUT2D eigenvalue weighted by molar-refractivity contribution is -0.150. The second-order valence-electron chi connectivity index (χ2n) is 9.80. The molecule has 0 spiro atoms. The van der Waals surface area contributed by atoms with Crippen molar-refractivity contribution in [3.63, 3.8) is 0 Å². The number of carbonyl (C=O) groups excluding carboxylic acids is 2. The summed E-state index contributed by atoms with van der Waals surface area (Å²) >= 11 is 1.23. The molecule has 4 aromatic rings. The smallest absolute Gasteiger partial charge is 0.306 e. The molecule has 0 aliphatic heterocycles. The van der Waals surface area contributed by atoms with E-state index in [1.807, 2.05) is 48.5 Å². The number of anilines is 1. The van der Waals surface area contributed by atoms with Crippen LogP contribution in [-0.4, -0.2) is 40.8 Å². The number of esters is 1. The van der Waals surface area contributed by atoms with Crippen molar-refractivity contribution in [2.24, 2.45) is 5.73 Å². The van der Waals surface area contributed by atoms with Crippen LogP contribution in [0.25, 0.3) is 10.6 Å². The minimum absolute atomic E-state index is 0.0842. The van der Waals surface area contributed by atoms with Gasteiger partial charge in [0.05, 0.1) is 6.42 Å². The van der Waals surface area contributed by atoms with Crippen LogP contribution >= 0.6 is 11.3 Å². The van der Waals surface area contributed by atoms with Gasteiger partial charge in [-0.15, -0.1) is 10.2 Å². The highest BCUT2D eigenvalue weighted by molar-refractivity contribution is 7.18. The summed E-state index contributed by atoms with van der Waals surface area (Å²) in [7, 11) is 0. The number of rotatable bonds is 14. The first-order chi connectivity index (χ1) is 20.3. The Balaban J connectivity index is 1.33. The van der Waals surface area contributed by atoms with Crippen LogP contribution < -0.4 is 16.4 Å². The second kappa shape index (κ2) is 15.2. The van der Waals surface area contributed by atoms with Gasteiger partial charge in [-0.3, -0.25) is 9.59 Å². The summed E-state index contributed by atoms with van der Waals surface area (Å²) in [5, 5.41) is 15.0. The van der Waals surface area contributed by atoms with Crippen LogP contribution in [0.1, 0.15) is 36.5 Å². The van der Waals surface area contributed by atoms with E-state index in [0.29, 0.717) is 22.2 Å². The van der Waals surface area contributed by atoms with Gasteiger partial charge in [-0.05, 0) is 41.7 Å². The van der Waals surface area contributed by atoms with Crippen LogP contribution in [0, 0.1) is 11.6 Å². The zero-order chi connectivity index (χ0) is 29.9. The topological polar surface area (TPSA) is 119 Å². The van der Waals surface area contributed by atoms with E-state index in [1.54, 1.807) is 0 Å². The van der Waals surface area contributed by atoms with E-state index in [9.17, 15) is 18.4 Å². The van der Waals surface area contributed by atoms with Crippen molar-refractivity contribution in [2.45, 2.75) is 51.3 Å². The second-order valence-corrected chi connectivity index (χ2v) is 10.8. The number of nitrogens with two attached hydrogens (primary N) is 1. The Bertz CT molecular complexity index is 1460. The van der Waals surface area contributed by atoms with Crippen molar-refractivity contribution in [2.75, 3.05) is 11.9 Å². The first-order valence-corrected chi connectivity index (χ1v) is 14.5. The number of amides is 1. The van der Waals surface area contributed by atoms with Gasteiger partial charge in [0.15, 0.2) is 0 Å². The summed E-state index contributed by atoms with van der Waals surface area (Å²) in [4.78, 5) is 25.2. The van der Waals surface area contributed by atoms with Crippen LogP contribution in [0.3, 0.4) is 0 Å². The number of hydrogen-bond donors (Lipinski definition) is 3. The van der Waals surface area contributed by atoms with Crippen molar-refractivity contribution < 1.29 is 23.1 Å². The molecular weight excluding hydrogens is 560 g/mol. The maximum absolute atomic E-state index is 13.7. The Kier molecular flexibility index (Phi) is 11.2. The number of nitrogens with one attached hydrogen (secondary N) is 2. The summed E-state index contributed by atoms with van der Waals surface area (Å²) in [5.41, 5.74) is 9.87. The lowest BCUT2D eigenvalue weighted by Gasteiger charge is -2.25. The monoisotopic (exact) mass is 593 g/mol. The molecule has 4 N–H and O–H groups in total. The predicted molar refractivity (Wildman–Crippen MR) is 159 cm³/mol. The highest BCUT2D eigenvalue weighted by Gasteiger charge is 2.23. The molecule has 11 heteroatoms. The number of halogens is 2. The standard InChI is InChI=1S/C31H33F2N5O3S/c1-2-20-7-6-8-21(13-20)18-35-19-27(26(34)16-22-14-24(32)17-25(33)15-22)41-29(40)12-11-28(39)36-31-38-37-30(42-31)23-9-4-3-5-10-23/h3-10,13-15,17,26-27,35H,2,11-12,16,18-19,34H2,1H3,(H,36,38,39)/t26-,27+/m0/s1. The largest absolute Gasteiger partial charge is 0.459 e. The molecule has 1 aromatic heterocycles. The third-order valence-corrected chi connectivity index (χ3v) is 7.36. The Labute approximate surface area is 247 Å².